The molecule has 0 aliphatic carbocycles. The van der Waals surface area contributed by atoms with Crippen LogP contribution in [0.2, 0.25) is 0 Å². The van der Waals surface area contributed by atoms with Gasteiger partial charge in [-0.1, -0.05) is 0 Å². The molecule has 6 heteroatoms. The lowest BCUT2D eigenvalue weighted by Gasteiger charge is -2.08. The first-order valence-electron chi connectivity index (χ1n) is 5.86. The van der Waals surface area contributed by atoms with Crippen LogP contribution in [-0.4, -0.2) is 19.1 Å². The van der Waals surface area contributed by atoms with Crippen molar-refractivity contribution in [2.45, 2.75) is 13.3 Å². The number of hydrogen-bond acceptors (Lipinski definition) is 4. The molecule has 1 aromatic rings. The zero-order valence-electron chi connectivity index (χ0n) is 10.7. The molecule has 0 saturated heterocycles. The first-order valence-corrected chi connectivity index (χ1v) is 5.86. The summed E-state index contributed by atoms with van der Waals surface area (Å²) in [7, 11) is 0. The molecule has 1 amide bonds. The highest BCUT2D eigenvalue weighted by Crippen LogP contribution is 2.12. The second-order valence-electron chi connectivity index (χ2n) is 3.69. The monoisotopic (exact) mass is 268 g/mol. The Morgan fingerprint density at radius 3 is 2.68 bits per heavy atom. The van der Waals surface area contributed by atoms with Crippen molar-refractivity contribution in [1.82, 2.24) is 5.32 Å². The van der Waals surface area contributed by atoms with E-state index >= 15 is 0 Å². The number of carbonyl (C=O) groups is 1. The standard InChI is InChI=1S/C13H17FN2O3/c1-2-16-13(17)8-7-12(19-15)9-18-11-5-3-10(14)4-6-11/h3-7H,2,8-9,15H2,1H3,(H,16,17)/b12-7-. The highest BCUT2D eigenvalue weighted by molar-refractivity contribution is 5.77. The minimum atomic E-state index is -0.338. The lowest BCUT2D eigenvalue weighted by Crippen LogP contribution is -2.22. The molecule has 0 aliphatic rings. The summed E-state index contributed by atoms with van der Waals surface area (Å²) in [6.07, 6.45) is 1.70. The summed E-state index contributed by atoms with van der Waals surface area (Å²) in [6, 6.07) is 5.56. The minimum Gasteiger partial charge on any atom is -0.486 e. The van der Waals surface area contributed by atoms with Gasteiger partial charge in [0.15, 0.2) is 5.76 Å². The fourth-order valence-corrected chi connectivity index (χ4v) is 1.30. The maximum Gasteiger partial charge on any atom is 0.223 e. The van der Waals surface area contributed by atoms with Crippen molar-refractivity contribution in [3.63, 3.8) is 0 Å². The van der Waals surface area contributed by atoms with Crippen molar-refractivity contribution in [2.75, 3.05) is 13.2 Å². The molecular formula is C13H17FN2O3. The molecule has 0 fully saturated rings. The number of nitrogens with one attached hydrogen (secondary N) is 1. The van der Waals surface area contributed by atoms with E-state index in [-0.39, 0.29) is 24.8 Å². The summed E-state index contributed by atoms with van der Waals surface area (Å²) in [5.41, 5.74) is 0. The van der Waals surface area contributed by atoms with Gasteiger partial charge in [0.2, 0.25) is 5.91 Å². The van der Waals surface area contributed by atoms with Gasteiger partial charge < -0.3 is 14.9 Å². The van der Waals surface area contributed by atoms with E-state index in [0.717, 1.165) is 0 Å². The molecule has 19 heavy (non-hydrogen) atoms. The second-order valence-corrected chi connectivity index (χ2v) is 3.69. The lowest BCUT2D eigenvalue weighted by molar-refractivity contribution is -0.120. The number of benzene rings is 1. The average molecular weight is 268 g/mol. The molecular weight excluding hydrogens is 251 g/mol. The van der Waals surface area contributed by atoms with E-state index in [1.165, 1.54) is 30.3 Å². The van der Waals surface area contributed by atoms with Crippen LogP contribution in [-0.2, 0) is 9.63 Å². The van der Waals surface area contributed by atoms with Crippen LogP contribution in [0.25, 0.3) is 0 Å². The Morgan fingerprint density at radius 1 is 1.42 bits per heavy atom. The van der Waals surface area contributed by atoms with Crippen molar-refractivity contribution in [2.24, 2.45) is 5.90 Å². The number of ether oxygens (including phenoxy) is 1. The Kier molecular flexibility index (Phi) is 6.38. The molecule has 0 radical (unpaired) electrons. The molecule has 5 nitrogen and oxygen atoms in total. The molecule has 0 aliphatic heterocycles. The molecule has 1 aromatic carbocycles. The Labute approximate surface area is 111 Å². The molecule has 0 spiro atoms. The van der Waals surface area contributed by atoms with Crippen LogP contribution in [0.5, 0.6) is 5.75 Å². The van der Waals surface area contributed by atoms with E-state index in [2.05, 4.69) is 10.2 Å². The average Bonchev–Trinajstić information content (AvgIpc) is 2.41. The van der Waals surface area contributed by atoms with E-state index in [1.54, 1.807) is 0 Å². The smallest absolute Gasteiger partial charge is 0.223 e. The van der Waals surface area contributed by atoms with Crippen LogP contribution in [0.3, 0.4) is 0 Å². The fourth-order valence-electron chi connectivity index (χ4n) is 1.30. The Bertz CT molecular complexity index is 432. The largest absolute Gasteiger partial charge is 0.486 e. The molecule has 0 unspecified atom stereocenters. The highest BCUT2D eigenvalue weighted by Gasteiger charge is 2.03. The van der Waals surface area contributed by atoms with Gasteiger partial charge in [-0.25, -0.2) is 4.39 Å². The van der Waals surface area contributed by atoms with E-state index < -0.39 is 0 Å². The number of carbonyl (C=O) groups excluding carboxylic acids is 1. The fraction of sp³-hybridized carbons (Fsp3) is 0.308. The van der Waals surface area contributed by atoms with Crippen LogP contribution in [0.15, 0.2) is 36.1 Å². The zero-order chi connectivity index (χ0) is 14.1. The van der Waals surface area contributed by atoms with Gasteiger partial charge >= 0.3 is 0 Å². The quantitative estimate of drug-likeness (QED) is 0.580. The topological polar surface area (TPSA) is 73.6 Å². The van der Waals surface area contributed by atoms with Gasteiger partial charge in [0.05, 0.1) is 0 Å². The van der Waals surface area contributed by atoms with E-state index in [4.69, 9.17) is 10.6 Å². The van der Waals surface area contributed by atoms with Crippen molar-refractivity contribution in [1.29, 1.82) is 0 Å². The van der Waals surface area contributed by atoms with Gasteiger partial charge in [0.1, 0.15) is 18.2 Å². The summed E-state index contributed by atoms with van der Waals surface area (Å²) in [4.78, 5) is 15.8. The maximum atomic E-state index is 12.7. The number of nitrogens with two attached hydrogens (primary N) is 1. The van der Waals surface area contributed by atoms with Crippen LogP contribution in [0.4, 0.5) is 4.39 Å². The molecule has 1 rings (SSSR count). The van der Waals surface area contributed by atoms with Gasteiger partial charge in [-0.3, -0.25) is 4.79 Å². The Hall–Kier alpha value is -2.08. The van der Waals surface area contributed by atoms with E-state index in [0.29, 0.717) is 18.1 Å². The van der Waals surface area contributed by atoms with Crippen LogP contribution >= 0.6 is 0 Å². The lowest BCUT2D eigenvalue weighted by atomic mass is 10.3. The third-order valence-electron chi connectivity index (χ3n) is 2.24. The van der Waals surface area contributed by atoms with Crippen molar-refractivity contribution in [3.05, 3.63) is 41.9 Å². The number of amides is 1. The van der Waals surface area contributed by atoms with Gasteiger partial charge in [-0.05, 0) is 37.3 Å². The summed E-state index contributed by atoms with van der Waals surface area (Å²) in [5, 5.41) is 2.64. The van der Waals surface area contributed by atoms with Gasteiger partial charge in [0.25, 0.3) is 0 Å². The van der Waals surface area contributed by atoms with Crippen LogP contribution < -0.4 is 16.0 Å². The molecule has 3 N–H and O–H groups in total. The predicted molar refractivity (Wildman–Crippen MR) is 68.6 cm³/mol. The van der Waals surface area contributed by atoms with Gasteiger partial charge in [-0.15, -0.1) is 0 Å². The second kappa shape index (κ2) is 8.10. The highest BCUT2D eigenvalue weighted by atomic mass is 19.1. The summed E-state index contributed by atoms with van der Waals surface area (Å²) < 4.78 is 18.0. The van der Waals surface area contributed by atoms with Crippen LogP contribution in [0, 0.1) is 5.82 Å². The number of halogens is 1. The normalized spacial score (nSPS) is 11.0. The molecule has 0 heterocycles. The zero-order valence-corrected chi connectivity index (χ0v) is 10.7. The third kappa shape index (κ3) is 5.87. The predicted octanol–water partition coefficient (Wildman–Crippen LogP) is 1.50. The first-order chi connectivity index (χ1) is 9.15. The van der Waals surface area contributed by atoms with Gasteiger partial charge in [-0.2, -0.15) is 5.90 Å². The summed E-state index contributed by atoms with van der Waals surface area (Å²) in [5.74, 6) is 5.43. The van der Waals surface area contributed by atoms with E-state index in [1.807, 2.05) is 6.92 Å². The van der Waals surface area contributed by atoms with Crippen molar-refractivity contribution < 1.29 is 18.8 Å². The molecule has 104 valence electrons. The first kappa shape index (κ1) is 15.0. The number of hydrogen-bond donors (Lipinski definition) is 2. The molecule has 0 bridgehead atoms. The van der Waals surface area contributed by atoms with Crippen LogP contribution in [0.1, 0.15) is 13.3 Å². The van der Waals surface area contributed by atoms with Crippen molar-refractivity contribution >= 4 is 5.91 Å². The molecule has 0 atom stereocenters. The SMILES string of the molecule is CCNC(=O)C/C=C(/COc1ccc(F)cc1)ON. The molecule has 0 aromatic heterocycles. The Morgan fingerprint density at radius 2 is 2.11 bits per heavy atom. The molecule has 0 saturated carbocycles. The van der Waals surface area contributed by atoms with Gasteiger partial charge in [0, 0.05) is 13.0 Å². The summed E-state index contributed by atoms with van der Waals surface area (Å²) in [6.45, 7) is 2.47. The minimum absolute atomic E-state index is 0.0710. The maximum absolute atomic E-state index is 12.7. The van der Waals surface area contributed by atoms with E-state index in [9.17, 15) is 9.18 Å². The van der Waals surface area contributed by atoms with Crippen molar-refractivity contribution in [3.8, 4) is 5.75 Å². The summed E-state index contributed by atoms with van der Waals surface area (Å²) >= 11 is 0. The third-order valence-corrected chi connectivity index (χ3v) is 2.24. The number of rotatable bonds is 7. The Balaban J connectivity index is 2.45.